The average molecular weight is 289 g/mol. The first kappa shape index (κ1) is 12.9. The zero-order chi connectivity index (χ0) is 14.3. The number of rotatable bonds is 2. The number of para-hydroxylation sites is 1. The largest absolute Gasteiger partial charge is 0.349 e. The van der Waals surface area contributed by atoms with E-state index in [4.69, 9.17) is 0 Å². The topological polar surface area (TPSA) is 39.1 Å². The zero-order valence-electron chi connectivity index (χ0n) is 10.7. The third-order valence-corrected chi connectivity index (χ3v) is 5.09. The van der Waals surface area contributed by atoms with Gasteiger partial charge in [0.2, 0.25) is 9.84 Å². The Balaban J connectivity index is 2.33. The van der Waals surface area contributed by atoms with Gasteiger partial charge in [-0.3, -0.25) is 0 Å². The minimum Gasteiger partial charge on any atom is -0.349 e. The van der Waals surface area contributed by atoms with Crippen molar-refractivity contribution in [3.63, 3.8) is 0 Å². The van der Waals surface area contributed by atoms with Crippen LogP contribution in [-0.4, -0.2) is 13.0 Å². The summed E-state index contributed by atoms with van der Waals surface area (Å²) < 4.78 is 40.8. The van der Waals surface area contributed by atoms with Gasteiger partial charge >= 0.3 is 0 Å². The van der Waals surface area contributed by atoms with E-state index >= 15 is 0 Å². The molecule has 0 unspecified atom stereocenters. The molecule has 3 rings (SSSR count). The molecule has 1 heterocycles. The van der Waals surface area contributed by atoms with Crippen molar-refractivity contribution in [3.8, 4) is 0 Å². The first-order valence-electron chi connectivity index (χ1n) is 6.05. The van der Waals surface area contributed by atoms with E-state index < -0.39 is 15.7 Å². The summed E-state index contributed by atoms with van der Waals surface area (Å²) in [6, 6.07) is 12.6. The molecule has 0 atom stereocenters. The number of benzene rings is 2. The van der Waals surface area contributed by atoms with Crippen LogP contribution in [0.25, 0.3) is 10.9 Å². The third kappa shape index (κ3) is 1.82. The lowest BCUT2D eigenvalue weighted by Gasteiger charge is -2.04. The SMILES string of the molecule is Cn1cc(S(=O)(=O)c2ccccc2F)c2ccccc21. The van der Waals surface area contributed by atoms with Gasteiger partial charge < -0.3 is 4.57 Å². The van der Waals surface area contributed by atoms with Crippen LogP contribution in [0.2, 0.25) is 0 Å². The van der Waals surface area contributed by atoms with E-state index in [1.54, 1.807) is 23.7 Å². The van der Waals surface area contributed by atoms with E-state index in [0.29, 0.717) is 5.39 Å². The number of aromatic nitrogens is 1. The fraction of sp³-hybridized carbons (Fsp3) is 0.0667. The Morgan fingerprint density at radius 3 is 2.35 bits per heavy atom. The highest BCUT2D eigenvalue weighted by molar-refractivity contribution is 7.91. The van der Waals surface area contributed by atoms with Crippen LogP contribution in [0, 0.1) is 5.82 Å². The summed E-state index contributed by atoms with van der Waals surface area (Å²) in [5, 5.41) is 0.596. The maximum Gasteiger partial charge on any atom is 0.211 e. The number of hydrogen-bond donors (Lipinski definition) is 0. The van der Waals surface area contributed by atoms with Gasteiger partial charge in [0.25, 0.3) is 0 Å². The Morgan fingerprint density at radius 1 is 0.950 bits per heavy atom. The second-order valence-corrected chi connectivity index (χ2v) is 6.44. The molecule has 0 radical (unpaired) electrons. The molecule has 102 valence electrons. The molecule has 3 nitrogen and oxygen atoms in total. The number of hydrogen-bond acceptors (Lipinski definition) is 2. The summed E-state index contributed by atoms with van der Waals surface area (Å²) in [4.78, 5) is -0.169. The Bertz CT molecular complexity index is 897. The molecule has 0 saturated carbocycles. The predicted octanol–water partition coefficient (Wildman–Crippen LogP) is 3.15. The molecule has 0 bridgehead atoms. The lowest BCUT2D eigenvalue weighted by Crippen LogP contribution is -2.04. The van der Waals surface area contributed by atoms with Crippen LogP contribution in [0.1, 0.15) is 0 Å². The highest BCUT2D eigenvalue weighted by atomic mass is 32.2. The van der Waals surface area contributed by atoms with Gasteiger partial charge in [0, 0.05) is 24.1 Å². The molecular weight excluding hydrogens is 277 g/mol. The van der Waals surface area contributed by atoms with Crippen molar-refractivity contribution < 1.29 is 12.8 Å². The first-order valence-corrected chi connectivity index (χ1v) is 7.54. The smallest absolute Gasteiger partial charge is 0.211 e. The molecule has 3 aromatic rings. The van der Waals surface area contributed by atoms with Gasteiger partial charge in [-0.05, 0) is 18.2 Å². The number of nitrogens with zero attached hydrogens (tertiary/aromatic N) is 1. The second-order valence-electron chi connectivity index (χ2n) is 4.56. The lowest BCUT2D eigenvalue weighted by atomic mass is 10.2. The minimum absolute atomic E-state index is 0.126. The molecule has 0 N–H and O–H groups in total. The third-order valence-electron chi connectivity index (χ3n) is 3.28. The van der Waals surface area contributed by atoms with Crippen molar-refractivity contribution in [1.29, 1.82) is 0 Å². The van der Waals surface area contributed by atoms with Gasteiger partial charge in [0.1, 0.15) is 10.7 Å². The molecular formula is C15H12FNO2S. The van der Waals surface area contributed by atoms with E-state index in [9.17, 15) is 12.8 Å². The first-order chi connectivity index (χ1) is 9.51. The maximum absolute atomic E-state index is 13.8. The summed E-state index contributed by atoms with van der Waals surface area (Å²) in [6.07, 6.45) is 1.52. The van der Waals surface area contributed by atoms with E-state index in [-0.39, 0.29) is 9.79 Å². The Hall–Kier alpha value is -2.14. The van der Waals surface area contributed by atoms with Crippen molar-refractivity contribution in [3.05, 3.63) is 60.5 Å². The van der Waals surface area contributed by atoms with Crippen LogP contribution in [-0.2, 0) is 16.9 Å². The van der Waals surface area contributed by atoms with Crippen LogP contribution in [0.5, 0.6) is 0 Å². The summed E-state index contributed by atoms with van der Waals surface area (Å²) in [7, 11) is -2.10. The summed E-state index contributed by atoms with van der Waals surface area (Å²) >= 11 is 0. The van der Waals surface area contributed by atoms with Crippen LogP contribution in [0.15, 0.2) is 64.5 Å². The average Bonchev–Trinajstić information content (AvgIpc) is 2.78. The summed E-state index contributed by atoms with van der Waals surface area (Å²) in [5.41, 5.74) is 0.794. The molecule has 0 aliphatic rings. The van der Waals surface area contributed by atoms with E-state index in [1.165, 1.54) is 24.4 Å². The van der Waals surface area contributed by atoms with Crippen molar-refractivity contribution >= 4 is 20.7 Å². The summed E-state index contributed by atoms with van der Waals surface area (Å²) in [5.74, 6) is -0.736. The number of sulfone groups is 1. The highest BCUT2D eigenvalue weighted by Gasteiger charge is 2.25. The molecule has 1 aromatic heterocycles. The van der Waals surface area contributed by atoms with Crippen LogP contribution in [0.4, 0.5) is 4.39 Å². The molecule has 0 spiro atoms. The van der Waals surface area contributed by atoms with E-state index in [1.807, 2.05) is 12.1 Å². The maximum atomic E-state index is 13.8. The van der Waals surface area contributed by atoms with Gasteiger partial charge in [-0.2, -0.15) is 0 Å². The molecule has 0 aliphatic carbocycles. The molecule has 5 heteroatoms. The quantitative estimate of drug-likeness (QED) is 0.727. The standard InChI is InChI=1S/C15H12FNO2S/c1-17-10-15(11-6-2-4-8-13(11)17)20(18,19)14-9-5-3-7-12(14)16/h2-10H,1H3. The molecule has 0 aliphatic heterocycles. The Morgan fingerprint density at radius 2 is 1.60 bits per heavy atom. The molecule has 0 fully saturated rings. The lowest BCUT2D eigenvalue weighted by molar-refractivity contribution is 0.567. The fourth-order valence-corrected chi connectivity index (χ4v) is 3.88. The van der Waals surface area contributed by atoms with Crippen molar-refractivity contribution in [2.45, 2.75) is 9.79 Å². The fourth-order valence-electron chi connectivity index (χ4n) is 2.30. The molecule has 0 amide bonds. The van der Waals surface area contributed by atoms with Gasteiger partial charge in [-0.15, -0.1) is 0 Å². The Kier molecular flexibility index (Phi) is 2.87. The predicted molar refractivity (Wildman–Crippen MR) is 74.8 cm³/mol. The number of halogens is 1. The Labute approximate surface area is 116 Å². The number of aryl methyl sites for hydroxylation is 1. The van der Waals surface area contributed by atoms with Crippen molar-refractivity contribution in [2.75, 3.05) is 0 Å². The van der Waals surface area contributed by atoms with Crippen LogP contribution < -0.4 is 0 Å². The van der Waals surface area contributed by atoms with Crippen molar-refractivity contribution in [2.24, 2.45) is 7.05 Å². The number of fused-ring (bicyclic) bond motifs is 1. The summed E-state index contributed by atoms with van der Waals surface area (Å²) in [6.45, 7) is 0. The van der Waals surface area contributed by atoms with Gasteiger partial charge in [0.05, 0.1) is 4.90 Å². The van der Waals surface area contributed by atoms with Gasteiger partial charge in [-0.25, -0.2) is 12.8 Å². The van der Waals surface area contributed by atoms with Gasteiger partial charge in [0.15, 0.2) is 0 Å². The van der Waals surface area contributed by atoms with Gasteiger partial charge in [-0.1, -0.05) is 30.3 Å². The van der Waals surface area contributed by atoms with Crippen molar-refractivity contribution in [1.82, 2.24) is 4.57 Å². The minimum atomic E-state index is -3.87. The molecule has 20 heavy (non-hydrogen) atoms. The normalized spacial score (nSPS) is 11.9. The highest BCUT2D eigenvalue weighted by Crippen LogP contribution is 2.30. The zero-order valence-corrected chi connectivity index (χ0v) is 11.6. The second kappa shape index (κ2) is 4.45. The molecule has 0 saturated heterocycles. The molecule has 2 aromatic carbocycles. The monoisotopic (exact) mass is 289 g/mol. The van der Waals surface area contributed by atoms with E-state index in [0.717, 1.165) is 11.6 Å². The van der Waals surface area contributed by atoms with Crippen LogP contribution in [0.3, 0.4) is 0 Å². The van der Waals surface area contributed by atoms with E-state index in [2.05, 4.69) is 0 Å². The van der Waals surface area contributed by atoms with Crippen LogP contribution >= 0.6 is 0 Å².